The maximum Gasteiger partial charge on any atom is 0.273 e. The van der Waals surface area contributed by atoms with Crippen molar-refractivity contribution in [1.29, 1.82) is 0 Å². The highest BCUT2D eigenvalue weighted by Crippen LogP contribution is 2.30. The van der Waals surface area contributed by atoms with Gasteiger partial charge in [0.2, 0.25) is 0 Å². The van der Waals surface area contributed by atoms with Crippen LogP contribution in [0.25, 0.3) is 10.6 Å². The van der Waals surface area contributed by atoms with Crippen LogP contribution in [0.1, 0.15) is 49.2 Å². The molecule has 1 amide bonds. The monoisotopic (exact) mass is 356 g/mol. The van der Waals surface area contributed by atoms with Crippen molar-refractivity contribution in [2.45, 2.75) is 45.6 Å². The first-order chi connectivity index (χ1) is 12.1. The number of benzene rings is 1. The Morgan fingerprint density at radius 3 is 2.96 bits per heavy atom. The molecule has 4 nitrogen and oxygen atoms in total. The van der Waals surface area contributed by atoms with Crippen LogP contribution in [-0.2, 0) is 11.2 Å². The molecule has 1 fully saturated rings. The summed E-state index contributed by atoms with van der Waals surface area (Å²) in [6.07, 6.45) is 4.47. The highest BCUT2D eigenvalue weighted by Gasteiger charge is 2.31. The van der Waals surface area contributed by atoms with E-state index < -0.39 is 0 Å². The number of carbonyl (C=O) groups is 2. The molecule has 3 rings (SSSR count). The van der Waals surface area contributed by atoms with E-state index in [0.29, 0.717) is 24.1 Å². The second-order valence-electron chi connectivity index (χ2n) is 6.99. The van der Waals surface area contributed by atoms with Gasteiger partial charge < -0.3 is 9.69 Å². The van der Waals surface area contributed by atoms with Gasteiger partial charge in [-0.2, -0.15) is 0 Å². The molecule has 5 heteroatoms. The third-order valence-corrected chi connectivity index (χ3v) is 5.53. The van der Waals surface area contributed by atoms with Crippen LogP contribution in [0.15, 0.2) is 29.6 Å². The zero-order valence-electron chi connectivity index (χ0n) is 14.8. The fourth-order valence-electron chi connectivity index (χ4n) is 3.53. The Bertz CT molecular complexity index is 754. The fourth-order valence-corrected chi connectivity index (χ4v) is 4.39. The predicted octanol–water partition coefficient (Wildman–Crippen LogP) is 4.20. The van der Waals surface area contributed by atoms with Crippen LogP contribution >= 0.6 is 11.3 Å². The Morgan fingerprint density at radius 2 is 2.20 bits per heavy atom. The molecular weight excluding hydrogens is 332 g/mol. The minimum atomic E-state index is 0.0403. The number of amides is 1. The van der Waals surface area contributed by atoms with Crippen LogP contribution in [0, 0.1) is 5.92 Å². The van der Waals surface area contributed by atoms with Crippen molar-refractivity contribution in [3.63, 3.8) is 0 Å². The van der Waals surface area contributed by atoms with Crippen molar-refractivity contribution in [2.24, 2.45) is 5.92 Å². The lowest BCUT2D eigenvalue weighted by atomic mass is 10.0. The highest BCUT2D eigenvalue weighted by atomic mass is 32.1. The summed E-state index contributed by atoms with van der Waals surface area (Å²) in [5, 5.41) is 2.65. The first-order valence-corrected chi connectivity index (χ1v) is 9.76. The van der Waals surface area contributed by atoms with Crippen molar-refractivity contribution >= 4 is 23.5 Å². The Morgan fingerprint density at radius 1 is 1.40 bits per heavy atom. The van der Waals surface area contributed by atoms with E-state index in [-0.39, 0.29) is 5.91 Å². The number of likely N-dealkylation sites (tertiary alicyclic amines) is 1. The second-order valence-corrected chi connectivity index (χ2v) is 7.85. The van der Waals surface area contributed by atoms with E-state index >= 15 is 0 Å². The highest BCUT2D eigenvalue weighted by molar-refractivity contribution is 7.13. The van der Waals surface area contributed by atoms with Crippen molar-refractivity contribution in [1.82, 2.24) is 9.88 Å². The zero-order chi connectivity index (χ0) is 17.8. The van der Waals surface area contributed by atoms with E-state index in [2.05, 4.69) is 18.8 Å². The van der Waals surface area contributed by atoms with E-state index in [4.69, 9.17) is 0 Å². The first kappa shape index (κ1) is 17.8. The topological polar surface area (TPSA) is 50.3 Å². The summed E-state index contributed by atoms with van der Waals surface area (Å²) < 4.78 is 0. The third kappa shape index (κ3) is 3.98. The van der Waals surface area contributed by atoms with Crippen LogP contribution < -0.4 is 0 Å². The Hall–Kier alpha value is -2.01. The number of nitrogens with zero attached hydrogens (tertiary/aromatic N) is 2. The van der Waals surface area contributed by atoms with Gasteiger partial charge in [0.15, 0.2) is 0 Å². The number of aldehydes is 1. The number of hydrogen-bond acceptors (Lipinski definition) is 4. The molecule has 0 aliphatic carbocycles. The number of carbonyl (C=O) groups excluding carboxylic acids is 2. The summed E-state index contributed by atoms with van der Waals surface area (Å²) in [6.45, 7) is 5.22. The number of aromatic nitrogens is 1. The lowest BCUT2D eigenvalue weighted by Gasteiger charge is -2.25. The SMILES string of the molecule is CC(C)CC1CCCN1C(=O)c1csc(-c2ccccc2CC=O)n1. The molecule has 1 aliphatic rings. The van der Waals surface area contributed by atoms with Gasteiger partial charge in [-0.1, -0.05) is 38.1 Å². The van der Waals surface area contributed by atoms with Gasteiger partial charge in [0.05, 0.1) is 0 Å². The standard InChI is InChI=1S/C20H24N2O2S/c1-14(2)12-16-7-5-10-22(16)20(24)18-13-25-19(21-18)17-8-4-3-6-15(17)9-11-23/h3-4,6,8,11,13-14,16H,5,7,9-10,12H2,1-2H3. The smallest absolute Gasteiger partial charge is 0.273 e. The number of rotatable bonds is 6. The Labute approximate surface area is 152 Å². The molecule has 1 saturated heterocycles. The Kier molecular flexibility index (Phi) is 5.63. The molecule has 132 valence electrons. The molecule has 0 radical (unpaired) electrons. The summed E-state index contributed by atoms with van der Waals surface area (Å²) in [5.74, 6) is 0.623. The average Bonchev–Trinajstić information content (AvgIpc) is 3.24. The average molecular weight is 356 g/mol. The second kappa shape index (κ2) is 7.91. The molecule has 0 spiro atoms. The maximum atomic E-state index is 12.9. The van der Waals surface area contributed by atoms with Crippen LogP contribution in [0.2, 0.25) is 0 Å². The van der Waals surface area contributed by atoms with Crippen LogP contribution in [0.5, 0.6) is 0 Å². The summed E-state index contributed by atoms with van der Waals surface area (Å²) in [5.41, 5.74) is 2.42. The third-order valence-electron chi connectivity index (χ3n) is 4.66. The number of thiazole rings is 1. The van der Waals surface area contributed by atoms with E-state index in [1.54, 1.807) is 0 Å². The molecule has 25 heavy (non-hydrogen) atoms. The van der Waals surface area contributed by atoms with Crippen molar-refractivity contribution in [3.8, 4) is 10.6 Å². The minimum Gasteiger partial charge on any atom is -0.334 e. The van der Waals surface area contributed by atoms with Crippen molar-refractivity contribution in [3.05, 3.63) is 40.9 Å². The molecule has 1 aromatic carbocycles. The van der Waals surface area contributed by atoms with E-state index in [9.17, 15) is 9.59 Å². The van der Waals surface area contributed by atoms with Gasteiger partial charge in [-0.15, -0.1) is 11.3 Å². The van der Waals surface area contributed by atoms with Crippen molar-refractivity contribution in [2.75, 3.05) is 6.54 Å². The van der Waals surface area contributed by atoms with E-state index in [1.807, 2.05) is 34.5 Å². The maximum absolute atomic E-state index is 12.9. The molecule has 0 bridgehead atoms. The summed E-state index contributed by atoms with van der Waals surface area (Å²) >= 11 is 1.47. The minimum absolute atomic E-state index is 0.0403. The molecule has 1 atom stereocenters. The van der Waals surface area contributed by atoms with Gasteiger partial charge in [-0.25, -0.2) is 4.98 Å². The lowest BCUT2D eigenvalue weighted by molar-refractivity contribution is -0.107. The van der Waals surface area contributed by atoms with Crippen LogP contribution in [0.3, 0.4) is 0 Å². The summed E-state index contributed by atoms with van der Waals surface area (Å²) in [7, 11) is 0. The molecule has 1 aromatic heterocycles. The van der Waals surface area contributed by atoms with Gasteiger partial charge in [0.1, 0.15) is 17.0 Å². The largest absolute Gasteiger partial charge is 0.334 e. The van der Waals surface area contributed by atoms with Crippen molar-refractivity contribution < 1.29 is 9.59 Å². The van der Waals surface area contributed by atoms with Crippen LogP contribution in [0.4, 0.5) is 0 Å². The molecule has 2 aromatic rings. The molecular formula is C20H24N2O2S. The van der Waals surface area contributed by atoms with Crippen LogP contribution in [-0.4, -0.2) is 34.7 Å². The van der Waals surface area contributed by atoms with Gasteiger partial charge in [0.25, 0.3) is 5.91 Å². The lowest BCUT2D eigenvalue weighted by Crippen LogP contribution is -2.36. The Balaban J connectivity index is 1.82. The quantitative estimate of drug-likeness (QED) is 0.729. The molecule has 2 heterocycles. The van der Waals surface area contributed by atoms with E-state index in [0.717, 1.165) is 48.2 Å². The molecule has 0 saturated carbocycles. The number of hydrogen-bond donors (Lipinski definition) is 0. The summed E-state index contributed by atoms with van der Waals surface area (Å²) in [6, 6.07) is 8.09. The fraction of sp³-hybridized carbons (Fsp3) is 0.450. The first-order valence-electron chi connectivity index (χ1n) is 8.88. The molecule has 1 unspecified atom stereocenters. The van der Waals surface area contributed by atoms with Gasteiger partial charge in [-0.05, 0) is 30.7 Å². The van der Waals surface area contributed by atoms with E-state index in [1.165, 1.54) is 11.3 Å². The normalized spacial score (nSPS) is 17.2. The molecule has 0 N–H and O–H groups in total. The van der Waals surface area contributed by atoms with Gasteiger partial charge in [-0.3, -0.25) is 4.79 Å². The molecule has 1 aliphatic heterocycles. The van der Waals surface area contributed by atoms with Gasteiger partial charge in [0, 0.05) is 30.0 Å². The zero-order valence-corrected chi connectivity index (χ0v) is 15.6. The van der Waals surface area contributed by atoms with Gasteiger partial charge >= 0.3 is 0 Å². The summed E-state index contributed by atoms with van der Waals surface area (Å²) in [4.78, 5) is 30.4. The predicted molar refractivity (Wildman–Crippen MR) is 101 cm³/mol.